The number of ether oxygens (including phenoxy) is 1. The number of carbonyl (C=O) groups excluding carboxylic acids is 1. The zero-order chi connectivity index (χ0) is 18.1. The fourth-order valence-corrected chi connectivity index (χ4v) is 3.31. The maximum Gasteiger partial charge on any atom is 0.407 e. The molecule has 134 valence electrons. The molecule has 0 saturated carbocycles. The zero-order valence-corrected chi connectivity index (χ0v) is 15.1. The maximum atomic E-state index is 11.9. The monoisotopic (exact) mass is 361 g/mol. The molecule has 0 bridgehead atoms. The van der Waals surface area contributed by atoms with E-state index in [4.69, 9.17) is 4.74 Å². The summed E-state index contributed by atoms with van der Waals surface area (Å²) in [6, 6.07) is 11.3. The third kappa shape index (κ3) is 5.90. The Balaban J connectivity index is 1.77. The number of thiophene rings is 1. The van der Waals surface area contributed by atoms with Crippen LogP contribution in [0.4, 0.5) is 4.79 Å². The number of benzene rings is 1. The summed E-state index contributed by atoms with van der Waals surface area (Å²) in [6.45, 7) is 0.844. The largest absolute Gasteiger partial charge is 0.496 e. The summed E-state index contributed by atoms with van der Waals surface area (Å²) in [5.41, 5.74) is 0.990. The summed E-state index contributed by atoms with van der Waals surface area (Å²) in [5, 5.41) is 11.3. The van der Waals surface area contributed by atoms with Crippen molar-refractivity contribution < 1.29 is 19.4 Å². The van der Waals surface area contributed by atoms with E-state index in [1.54, 1.807) is 7.11 Å². The highest BCUT2D eigenvalue weighted by Gasteiger charge is 2.13. The van der Waals surface area contributed by atoms with Crippen molar-refractivity contribution in [3.05, 3.63) is 52.2 Å². The van der Waals surface area contributed by atoms with E-state index in [2.05, 4.69) is 0 Å². The first kappa shape index (κ1) is 19.0. The van der Waals surface area contributed by atoms with Crippen LogP contribution in [0.2, 0.25) is 0 Å². The summed E-state index contributed by atoms with van der Waals surface area (Å²) in [7, 11) is 1.61. The second-order valence-electron chi connectivity index (χ2n) is 5.69. The number of hydrogen-bond acceptors (Lipinski definition) is 4. The van der Waals surface area contributed by atoms with E-state index >= 15 is 0 Å². The number of hydrogen-bond donors (Lipinski definition) is 1. The van der Waals surface area contributed by atoms with Crippen molar-refractivity contribution in [3.63, 3.8) is 0 Å². The molecule has 0 atom stereocenters. The van der Waals surface area contributed by atoms with Gasteiger partial charge in [-0.2, -0.15) is 0 Å². The SMILES string of the molecule is COc1ccccc1CCN(CCCCC(=O)c1cccs1)C(=O)O. The Morgan fingerprint density at radius 1 is 1.12 bits per heavy atom. The third-order valence-corrected chi connectivity index (χ3v) is 4.90. The van der Waals surface area contributed by atoms with Gasteiger partial charge in [-0.05, 0) is 42.3 Å². The van der Waals surface area contributed by atoms with Gasteiger partial charge in [0.05, 0.1) is 12.0 Å². The van der Waals surface area contributed by atoms with Gasteiger partial charge in [-0.15, -0.1) is 11.3 Å². The Hall–Kier alpha value is -2.34. The van der Waals surface area contributed by atoms with Crippen LogP contribution in [0.5, 0.6) is 5.75 Å². The average molecular weight is 361 g/mol. The molecule has 0 radical (unpaired) electrons. The number of nitrogens with zero attached hydrogens (tertiary/aromatic N) is 1. The van der Waals surface area contributed by atoms with E-state index < -0.39 is 6.09 Å². The molecule has 25 heavy (non-hydrogen) atoms. The zero-order valence-electron chi connectivity index (χ0n) is 14.3. The van der Waals surface area contributed by atoms with Crippen LogP contribution in [0.15, 0.2) is 41.8 Å². The molecule has 2 aromatic rings. The molecule has 1 N–H and O–H groups in total. The van der Waals surface area contributed by atoms with Crippen molar-refractivity contribution >= 4 is 23.2 Å². The third-order valence-electron chi connectivity index (χ3n) is 3.99. The van der Waals surface area contributed by atoms with Crippen LogP contribution < -0.4 is 4.74 Å². The van der Waals surface area contributed by atoms with Crippen LogP contribution >= 0.6 is 11.3 Å². The second kappa shape index (κ2) is 9.84. The number of para-hydroxylation sites is 1. The number of Topliss-reactive ketones (excluding diaryl/α,β-unsaturated/α-hetero) is 1. The minimum Gasteiger partial charge on any atom is -0.496 e. The van der Waals surface area contributed by atoms with Gasteiger partial charge < -0.3 is 14.7 Å². The van der Waals surface area contributed by atoms with Crippen molar-refractivity contribution in [2.24, 2.45) is 0 Å². The first-order chi connectivity index (χ1) is 12.1. The molecule has 0 aliphatic carbocycles. The van der Waals surface area contributed by atoms with Gasteiger partial charge in [0.15, 0.2) is 5.78 Å². The Kier molecular flexibility index (Phi) is 7.47. The fourth-order valence-electron chi connectivity index (χ4n) is 2.62. The molecule has 0 unspecified atom stereocenters. The lowest BCUT2D eigenvalue weighted by Crippen LogP contribution is -2.32. The van der Waals surface area contributed by atoms with Crippen molar-refractivity contribution in [1.29, 1.82) is 0 Å². The fraction of sp³-hybridized carbons (Fsp3) is 0.368. The van der Waals surface area contributed by atoms with Gasteiger partial charge in [-0.3, -0.25) is 4.79 Å². The number of amides is 1. The molecule has 1 aromatic heterocycles. The van der Waals surface area contributed by atoms with Crippen molar-refractivity contribution in [2.45, 2.75) is 25.7 Å². The standard InChI is InChI=1S/C19H23NO4S/c1-24-17-9-3-2-7-15(17)11-13-20(19(22)23)12-5-4-8-16(21)18-10-6-14-25-18/h2-3,6-7,9-10,14H,4-5,8,11-13H2,1H3,(H,22,23). The van der Waals surface area contributed by atoms with Gasteiger partial charge in [-0.25, -0.2) is 4.79 Å². The van der Waals surface area contributed by atoms with Crippen LogP contribution in [-0.2, 0) is 6.42 Å². The lowest BCUT2D eigenvalue weighted by atomic mass is 10.1. The highest BCUT2D eigenvalue weighted by atomic mass is 32.1. The summed E-state index contributed by atoms with van der Waals surface area (Å²) >= 11 is 1.44. The highest BCUT2D eigenvalue weighted by molar-refractivity contribution is 7.12. The van der Waals surface area contributed by atoms with Gasteiger partial charge in [0.1, 0.15) is 5.75 Å². The minimum absolute atomic E-state index is 0.130. The molecular weight excluding hydrogens is 338 g/mol. The number of rotatable bonds is 10. The predicted molar refractivity (Wildman–Crippen MR) is 98.8 cm³/mol. The van der Waals surface area contributed by atoms with Gasteiger partial charge >= 0.3 is 6.09 Å². The van der Waals surface area contributed by atoms with Gasteiger partial charge in [0.25, 0.3) is 0 Å². The van der Waals surface area contributed by atoms with Crippen LogP contribution in [0.25, 0.3) is 0 Å². The number of carbonyl (C=O) groups is 2. The molecule has 1 heterocycles. The summed E-state index contributed by atoms with van der Waals surface area (Å²) in [4.78, 5) is 25.5. The van der Waals surface area contributed by atoms with E-state index in [-0.39, 0.29) is 5.78 Å². The molecule has 1 aromatic carbocycles. The molecule has 0 fully saturated rings. The Bertz CT molecular complexity index is 684. The van der Waals surface area contributed by atoms with E-state index in [1.165, 1.54) is 16.2 Å². The molecule has 0 aliphatic heterocycles. The topological polar surface area (TPSA) is 66.8 Å². The molecule has 6 heteroatoms. The van der Waals surface area contributed by atoms with Gasteiger partial charge in [0.2, 0.25) is 0 Å². The van der Waals surface area contributed by atoms with E-state index in [1.807, 2.05) is 41.8 Å². The van der Waals surface area contributed by atoms with Gasteiger partial charge in [0, 0.05) is 19.5 Å². The first-order valence-electron chi connectivity index (χ1n) is 8.28. The van der Waals surface area contributed by atoms with Crippen molar-refractivity contribution in [2.75, 3.05) is 20.2 Å². The van der Waals surface area contributed by atoms with Crippen LogP contribution in [-0.4, -0.2) is 42.1 Å². The smallest absolute Gasteiger partial charge is 0.407 e. The molecule has 1 amide bonds. The summed E-state index contributed by atoms with van der Waals surface area (Å²) < 4.78 is 5.30. The molecular formula is C19H23NO4S. The number of carboxylic acid groups (broad SMARTS) is 1. The molecule has 0 saturated heterocycles. The maximum absolute atomic E-state index is 11.9. The summed E-state index contributed by atoms with van der Waals surface area (Å²) in [6.07, 6.45) is 1.49. The molecule has 0 aliphatic rings. The van der Waals surface area contributed by atoms with E-state index in [0.29, 0.717) is 38.8 Å². The quantitative estimate of drug-likeness (QED) is 0.505. The van der Waals surface area contributed by atoms with Crippen molar-refractivity contribution in [3.8, 4) is 5.75 Å². The first-order valence-corrected chi connectivity index (χ1v) is 9.16. The molecule has 2 rings (SSSR count). The minimum atomic E-state index is -0.931. The van der Waals surface area contributed by atoms with Gasteiger partial charge in [-0.1, -0.05) is 24.3 Å². The van der Waals surface area contributed by atoms with Crippen LogP contribution in [0.3, 0.4) is 0 Å². The van der Waals surface area contributed by atoms with E-state index in [9.17, 15) is 14.7 Å². The lowest BCUT2D eigenvalue weighted by molar-refractivity contribution is 0.0982. The molecule has 5 nitrogen and oxygen atoms in total. The molecule has 0 spiro atoms. The number of ketones is 1. The van der Waals surface area contributed by atoms with Crippen LogP contribution in [0, 0.1) is 0 Å². The second-order valence-corrected chi connectivity index (χ2v) is 6.64. The Labute approximate surface area is 151 Å². The number of unbranched alkanes of at least 4 members (excludes halogenated alkanes) is 1. The highest BCUT2D eigenvalue weighted by Crippen LogP contribution is 2.18. The normalized spacial score (nSPS) is 10.4. The Morgan fingerprint density at radius 2 is 1.92 bits per heavy atom. The van der Waals surface area contributed by atoms with Crippen LogP contribution in [0.1, 0.15) is 34.5 Å². The Morgan fingerprint density at radius 3 is 2.60 bits per heavy atom. The average Bonchev–Trinajstić information content (AvgIpc) is 3.15. The lowest BCUT2D eigenvalue weighted by Gasteiger charge is -2.19. The summed E-state index contributed by atoms with van der Waals surface area (Å²) in [5.74, 6) is 0.903. The van der Waals surface area contributed by atoms with E-state index in [0.717, 1.165) is 16.2 Å². The van der Waals surface area contributed by atoms with Crippen molar-refractivity contribution in [1.82, 2.24) is 4.90 Å². The number of methoxy groups -OCH3 is 1. The predicted octanol–water partition coefficient (Wildman–Crippen LogP) is 4.33.